The molecule has 92 valence electrons. The summed E-state index contributed by atoms with van der Waals surface area (Å²) < 4.78 is 0. The summed E-state index contributed by atoms with van der Waals surface area (Å²) in [5, 5.41) is 9.60. The largest absolute Gasteiger partial charge is 0.508 e. The molecule has 1 N–H and O–H groups in total. The second kappa shape index (κ2) is 4.34. The standard InChI is InChI=1S/C15H21NO/c1-16-14-7-3-4-11(14)8-9-15(16)12-5-2-6-13(17)10-12/h2,5-6,10-11,14-15,17H,3-4,7-9H2,1H3. The minimum atomic E-state index is 0.393. The van der Waals surface area contributed by atoms with E-state index in [0.717, 1.165) is 12.0 Å². The summed E-state index contributed by atoms with van der Waals surface area (Å²) in [5.74, 6) is 1.32. The summed E-state index contributed by atoms with van der Waals surface area (Å²) >= 11 is 0. The van der Waals surface area contributed by atoms with Gasteiger partial charge in [0, 0.05) is 12.1 Å². The van der Waals surface area contributed by atoms with Crippen molar-refractivity contribution in [2.75, 3.05) is 7.05 Å². The fourth-order valence-electron chi connectivity index (χ4n) is 3.83. The molecule has 1 aromatic rings. The smallest absolute Gasteiger partial charge is 0.115 e. The molecule has 2 heteroatoms. The molecule has 3 rings (SSSR count). The van der Waals surface area contributed by atoms with Gasteiger partial charge in [0.05, 0.1) is 0 Å². The van der Waals surface area contributed by atoms with Crippen molar-refractivity contribution in [2.24, 2.45) is 5.92 Å². The Morgan fingerprint density at radius 3 is 2.88 bits per heavy atom. The molecule has 1 saturated carbocycles. The van der Waals surface area contributed by atoms with Crippen molar-refractivity contribution >= 4 is 0 Å². The van der Waals surface area contributed by atoms with Gasteiger partial charge in [0.2, 0.25) is 0 Å². The molecular formula is C15H21NO. The van der Waals surface area contributed by atoms with Crippen LogP contribution in [0.1, 0.15) is 43.7 Å². The van der Waals surface area contributed by atoms with Crippen LogP contribution in [0.5, 0.6) is 5.75 Å². The first-order valence-corrected chi connectivity index (χ1v) is 6.76. The van der Waals surface area contributed by atoms with E-state index in [1.807, 2.05) is 12.1 Å². The molecule has 2 nitrogen and oxygen atoms in total. The van der Waals surface area contributed by atoms with E-state index in [-0.39, 0.29) is 0 Å². The van der Waals surface area contributed by atoms with E-state index in [1.165, 1.54) is 37.7 Å². The normalized spacial score (nSPS) is 33.6. The zero-order valence-electron chi connectivity index (χ0n) is 10.5. The number of benzene rings is 1. The maximum absolute atomic E-state index is 9.60. The molecule has 1 aliphatic heterocycles. The maximum Gasteiger partial charge on any atom is 0.115 e. The average molecular weight is 231 g/mol. The zero-order chi connectivity index (χ0) is 11.8. The first-order chi connectivity index (χ1) is 8.25. The lowest BCUT2D eigenvalue weighted by Gasteiger charge is -2.41. The molecule has 3 unspecified atom stereocenters. The molecule has 1 saturated heterocycles. The molecule has 1 aliphatic carbocycles. The molecule has 0 aromatic heterocycles. The molecule has 2 aliphatic rings. The van der Waals surface area contributed by atoms with Gasteiger partial charge >= 0.3 is 0 Å². The minimum Gasteiger partial charge on any atom is -0.508 e. The number of rotatable bonds is 1. The lowest BCUT2D eigenvalue weighted by molar-refractivity contribution is 0.0823. The SMILES string of the molecule is CN1C(c2cccc(O)c2)CCC2CCCC21. The number of hydrogen-bond donors (Lipinski definition) is 1. The van der Waals surface area contributed by atoms with Gasteiger partial charge in [-0.3, -0.25) is 4.90 Å². The van der Waals surface area contributed by atoms with Crippen LogP contribution >= 0.6 is 0 Å². The highest BCUT2D eigenvalue weighted by atomic mass is 16.3. The van der Waals surface area contributed by atoms with Gasteiger partial charge in [-0.05, 0) is 56.3 Å². The van der Waals surface area contributed by atoms with E-state index < -0.39 is 0 Å². The summed E-state index contributed by atoms with van der Waals surface area (Å²) in [5.41, 5.74) is 1.28. The molecule has 1 aromatic carbocycles. The Morgan fingerprint density at radius 2 is 2.06 bits per heavy atom. The van der Waals surface area contributed by atoms with Gasteiger partial charge in [0.15, 0.2) is 0 Å². The van der Waals surface area contributed by atoms with Crippen LogP contribution in [0.25, 0.3) is 0 Å². The van der Waals surface area contributed by atoms with Gasteiger partial charge in [-0.15, -0.1) is 0 Å². The van der Waals surface area contributed by atoms with E-state index in [4.69, 9.17) is 0 Å². The van der Waals surface area contributed by atoms with E-state index in [2.05, 4.69) is 18.0 Å². The minimum absolute atomic E-state index is 0.393. The van der Waals surface area contributed by atoms with Gasteiger partial charge in [-0.25, -0.2) is 0 Å². The molecule has 0 radical (unpaired) electrons. The number of nitrogens with zero attached hydrogens (tertiary/aromatic N) is 1. The Morgan fingerprint density at radius 1 is 1.18 bits per heavy atom. The van der Waals surface area contributed by atoms with Crippen LogP contribution in [0.3, 0.4) is 0 Å². The first kappa shape index (κ1) is 11.1. The van der Waals surface area contributed by atoms with Crippen molar-refractivity contribution in [3.05, 3.63) is 29.8 Å². The number of piperidine rings is 1. The van der Waals surface area contributed by atoms with Crippen LogP contribution in [0.15, 0.2) is 24.3 Å². The third-order valence-corrected chi connectivity index (χ3v) is 4.70. The molecule has 2 fully saturated rings. The number of phenols is 1. The van der Waals surface area contributed by atoms with Gasteiger partial charge in [0.25, 0.3) is 0 Å². The van der Waals surface area contributed by atoms with Crippen LogP contribution in [0, 0.1) is 5.92 Å². The molecule has 0 amide bonds. The second-order valence-corrected chi connectivity index (χ2v) is 5.61. The summed E-state index contributed by atoms with van der Waals surface area (Å²) in [6, 6.07) is 9.06. The van der Waals surface area contributed by atoms with Gasteiger partial charge in [-0.2, -0.15) is 0 Å². The highest BCUT2D eigenvalue weighted by Crippen LogP contribution is 2.43. The van der Waals surface area contributed by atoms with Crippen LogP contribution in [0.4, 0.5) is 0 Å². The second-order valence-electron chi connectivity index (χ2n) is 5.61. The average Bonchev–Trinajstić information content (AvgIpc) is 2.78. The quantitative estimate of drug-likeness (QED) is 0.801. The van der Waals surface area contributed by atoms with Gasteiger partial charge < -0.3 is 5.11 Å². The van der Waals surface area contributed by atoms with Gasteiger partial charge in [-0.1, -0.05) is 18.6 Å². The predicted molar refractivity (Wildman–Crippen MR) is 69.0 cm³/mol. The van der Waals surface area contributed by atoms with E-state index >= 15 is 0 Å². The number of likely N-dealkylation sites (tertiary alicyclic amines) is 1. The predicted octanol–water partition coefficient (Wildman–Crippen LogP) is 3.33. The summed E-state index contributed by atoms with van der Waals surface area (Å²) in [6.45, 7) is 0. The Balaban J connectivity index is 1.84. The molecule has 0 bridgehead atoms. The van der Waals surface area contributed by atoms with Crippen molar-refractivity contribution in [1.29, 1.82) is 0 Å². The van der Waals surface area contributed by atoms with Crippen molar-refractivity contribution in [1.82, 2.24) is 4.90 Å². The van der Waals surface area contributed by atoms with Crippen molar-refractivity contribution in [3.8, 4) is 5.75 Å². The number of aromatic hydroxyl groups is 1. The number of fused-ring (bicyclic) bond motifs is 1. The van der Waals surface area contributed by atoms with E-state index in [0.29, 0.717) is 11.8 Å². The molecule has 3 atom stereocenters. The topological polar surface area (TPSA) is 23.5 Å². The molecule has 17 heavy (non-hydrogen) atoms. The van der Waals surface area contributed by atoms with Crippen molar-refractivity contribution < 1.29 is 5.11 Å². The fraction of sp³-hybridized carbons (Fsp3) is 0.600. The van der Waals surface area contributed by atoms with Crippen LogP contribution in [-0.4, -0.2) is 23.1 Å². The third kappa shape index (κ3) is 1.95. The monoisotopic (exact) mass is 231 g/mol. The Labute approximate surface area is 103 Å². The lowest BCUT2D eigenvalue weighted by atomic mass is 9.85. The lowest BCUT2D eigenvalue weighted by Crippen LogP contribution is -2.41. The zero-order valence-corrected chi connectivity index (χ0v) is 10.5. The van der Waals surface area contributed by atoms with Crippen LogP contribution in [0.2, 0.25) is 0 Å². The molecule has 0 spiro atoms. The third-order valence-electron chi connectivity index (χ3n) is 4.70. The Hall–Kier alpha value is -1.02. The summed E-state index contributed by atoms with van der Waals surface area (Å²) in [4.78, 5) is 2.55. The fourth-order valence-corrected chi connectivity index (χ4v) is 3.83. The number of phenolic OH excluding ortho intramolecular Hbond substituents is 1. The Kier molecular flexibility index (Phi) is 2.83. The van der Waals surface area contributed by atoms with Crippen LogP contribution < -0.4 is 0 Å². The van der Waals surface area contributed by atoms with Crippen molar-refractivity contribution in [2.45, 2.75) is 44.2 Å². The van der Waals surface area contributed by atoms with Crippen molar-refractivity contribution in [3.63, 3.8) is 0 Å². The highest BCUT2D eigenvalue weighted by Gasteiger charge is 2.38. The Bertz CT molecular complexity index is 404. The van der Waals surface area contributed by atoms with Crippen LogP contribution in [-0.2, 0) is 0 Å². The van der Waals surface area contributed by atoms with E-state index in [1.54, 1.807) is 6.07 Å². The highest BCUT2D eigenvalue weighted by molar-refractivity contribution is 5.30. The summed E-state index contributed by atoms with van der Waals surface area (Å²) in [6.07, 6.45) is 6.77. The molecule has 1 heterocycles. The van der Waals surface area contributed by atoms with Gasteiger partial charge in [0.1, 0.15) is 5.75 Å². The number of hydrogen-bond acceptors (Lipinski definition) is 2. The first-order valence-electron chi connectivity index (χ1n) is 6.76. The summed E-state index contributed by atoms with van der Waals surface area (Å²) in [7, 11) is 2.26. The molecular weight excluding hydrogens is 210 g/mol. The van der Waals surface area contributed by atoms with E-state index in [9.17, 15) is 5.11 Å². The maximum atomic E-state index is 9.60.